The van der Waals surface area contributed by atoms with Crippen molar-refractivity contribution in [1.29, 1.82) is 0 Å². The zero-order chi connectivity index (χ0) is 13.1. The summed E-state index contributed by atoms with van der Waals surface area (Å²) in [5.41, 5.74) is 6.03. The molecule has 0 aromatic heterocycles. The van der Waals surface area contributed by atoms with Crippen molar-refractivity contribution >= 4 is 17.5 Å². The molecular weight excluding hydrogens is 234 g/mol. The van der Waals surface area contributed by atoms with Crippen LogP contribution in [0.4, 0.5) is 5.69 Å². The molecule has 2 rings (SSSR count). The number of carbonyl (C=O) groups is 2. The maximum absolute atomic E-state index is 11.7. The Morgan fingerprint density at radius 1 is 1.39 bits per heavy atom. The van der Waals surface area contributed by atoms with Crippen LogP contribution in [-0.4, -0.2) is 29.5 Å². The van der Waals surface area contributed by atoms with Crippen molar-refractivity contribution in [2.24, 2.45) is 0 Å². The summed E-state index contributed by atoms with van der Waals surface area (Å²) in [6.45, 7) is -0.0928. The molecule has 1 saturated carbocycles. The highest BCUT2D eigenvalue weighted by Gasteiger charge is 2.23. The Morgan fingerprint density at radius 2 is 2.11 bits per heavy atom. The average Bonchev–Trinajstić information content (AvgIpc) is 3.13. The molecular formula is C12H15N3O3. The lowest BCUT2D eigenvalue weighted by molar-refractivity contribution is -0.120. The second-order valence-electron chi connectivity index (χ2n) is 4.30. The molecule has 6 nitrogen and oxygen atoms in total. The lowest BCUT2D eigenvalue weighted by Gasteiger charge is -2.08. The minimum Gasteiger partial charge on any atom is -0.508 e. The van der Waals surface area contributed by atoms with Crippen LogP contribution in [0.1, 0.15) is 23.2 Å². The SMILES string of the molecule is Nc1ccc(O)cc1C(=O)NCC(=O)NC1CC1. The molecule has 6 heteroatoms. The number of aromatic hydroxyl groups is 1. The predicted molar refractivity (Wildman–Crippen MR) is 66.0 cm³/mol. The highest BCUT2D eigenvalue weighted by molar-refractivity contribution is 6.01. The van der Waals surface area contributed by atoms with Crippen molar-refractivity contribution in [3.8, 4) is 5.75 Å². The predicted octanol–water partition coefficient (Wildman–Crippen LogP) is -0.0172. The fraction of sp³-hybridized carbons (Fsp3) is 0.333. The lowest BCUT2D eigenvalue weighted by atomic mass is 10.1. The van der Waals surface area contributed by atoms with Crippen molar-refractivity contribution in [1.82, 2.24) is 10.6 Å². The molecule has 0 spiro atoms. The summed E-state index contributed by atoms with van der Waals surface area (Å²) < 4.78 is 0. The van der Waals surface area contributed by atoms with Crippen molar-refractivity contribution in [3.05, 3.63) is 23.8 Å². The summed E-state index contributed by atoms with van der Waals surface area (Å²) in [6.07, 6.45) is 2.00. The Labute approximate surface area is 104 Å². The monoisotopic (exact) mass is 249 g/mol. The van der Waals surface area contributed by atoms with Gasteiger partial charge >= 0.3 is 0 Å². The first-order valence-corrected chi connectivity index (χ1v) is 5.72. The molecule has 0 atom stereocenters. The third kappa shape index (κ3) is 3.13. The van der Waals surface area contributed by atoms with Crippen LogP contribution in [0.15, 0.2) is 18.2 Å². The van der Waals surface area contributed by atoms with Crippen LogP contribution in [0.25, 0.3) is 0 Å². The van der Waals surface area contributed by atoms with E-state index < -0.39 is 5.91 Å². The number of nitrogens with one attached hydrogen (secondary N) is 2. The topological polar surface area (TPSA) is 104 Å². The maximum atomic E-state index is 11.7. The van der Waals surface area contributed by atoms with Crippen LogP contribution in [0.5, 0.6) is 5.75 Å². The van der Waals surface area contributed by atoms with Gasteiger partial charge in [-0.3, -0.25) is 9.59 Å². The van der Waals surface area contributed by atoms with Gasteiger partial charge in [0, 0.05) is 11.7 Å². The fourth-order valence-corrected chi connectivity index (χ4v) is 1.50. The third-order valence-electron chi connectivity index (χ3n) is 2.63. The minimum atomic E-state index is -0.477. The Balaban J connectivity index is 1.90. The number of benzene rings is 1. The van der Waals surface area contributed by atoms with E-state index in [4.69, 9.17) is 5.73 Å². The molecule has 2 amide bonds. The van der Waals surface area contributed by atoms with E-state index in [2.05, 4.69) is 10.6 Å². The van der Waals surface area contributed by atoms with Crippen molar-refractivity contribution in [3.63, 3.8) is 0 Å². The zero-order valence-corrected chi connectivity index (χ0v) is 9.77. The van der Waals surface area contributed by atoms with Gasteiger partial charge in [-0.2, -0.15) is 0 Å². The van der Waals surface area contributed by atoms with Crippen molar-refractivity contribution < 1.29 is 14.7 Å². The molecule has 1 aromatic carbocycles. The number of carbonyl (C=O) groups excluding carboxylic acids is 2. The van der Waals surface area contributed by atoms with E-state index in [1.165, 1.54) is 18.2 Å². The first kappa shape index (κ1) is 12.2. The molecule has 0 radical (unpaired) electrons. The Hall–Kier alpha value is -2.24. The van der Waals surface area contributed by atoms with Crippen LogP contribution in [0, 0.1) is 0 Å². The summed E-state index contributed by atoms with van der Waals surface area (Å²) >= 11 is 0. The first-order chi connectivity index (χ1) is 8.56. The van der Waals surface area contributed by atoms with E-state index in [9.17, 15) is 14.7 Å². The molecule has 96 valence electrons. The van der Waals surface area contributed by atoms with E-state index in [0.717, 1.165) is 12.8 Å². The smallest absolute Gasteiger partial charge is 0.253 e. The average molecular weight is 249 g/mol. The van der Waals surface area contributed by atoms with Gasteiger partial charge in [0.05, 0.1) is 12.1 Å². The van der Waals surface area contributed by atoms with Gasteiger partial charge in [0.15, 0.2) is 0 Å². The number of nitrogen functional groups attached to an aromatic ring is 1. The number of amides is 2. The van der Waals surface area contributed by atoms with Crippen molar-refractivity contribution in [2.75, 3.05) is 12.3 Å². The summed E-state index contributed by atoms with van der Waals surface area (Å²) in [6, 6.07) is 4.37. The highest BCUT2D eigenvalue weighted by Crippen LogP contribution is 2.19. The van der Waals surface area contributed by atoms with Gasteiger partial charge in [0.25, 0.3) is 5.91 Å². The first-order valence-electron chi connectivity index (χ1n) is 5.72. The van der Waals surface area contributed by atoms with Crippen LogP contribution in [0.3, 0.4) is 0 Å². The van der Waals surface area contributed by atoms with E-state index >= 15 is 0 Å². The maximum Gasteiger partial charge on any atom is 0.253 e. The lowest BCUT2D eigenvalue weighted by Crippen LogP contribution is -2.38. The van der Waals surface area contributed by atoms with Gasteiger partial charge in [0.1, 0.15) is 5.75 Å². The highest BCUT2D eigenvalue weighted by atomic mass is 16.3. The normalized spacial score (nSPS) is 14.0. The van der Waals surface area contributed by atoms with E-state index in [1.807, 2.05) is 0 Å². The van der Waals surface area contributed by atoms with Gasteiger partial charge in [-0.25, -0.2) is 0 Å². The van der Waals surface area contributed by atoms with E-state index in [1.54, 1.807) is 0 Å². The van der Waals surface area contributed by atoms with Gasteiger partial charge in [-0.1, -0.05) is 0 Å². The number of nitrogens with two attached hydrogens (primary N) is 1. The summed E-state index contributed by atoms with van der Waals surface area (Å²) in [7, 11) is 0. The number of phenols is 1. The quantitative estimate of drug-likeness (QED) is 0.444. The standard InChI is InChI=1S/C12H15N3O3/c13-10-4-3-8(16)5-9(10)12(18)14-6-11(17)15-7-1-2-7/h3-5,7,16H,1-2,6,13H2,(H,14,18)(H,15,17). The molecule has 0 heterocycles. The molecule has 1 fully saturated rings. The molecule has 5 N–H and O–H groups in total. The third-order valence-corrected chi connectivity index (χ3v) is 2.63. The van der Waals surface area contributed by atoms with Crippen LogP contribution in [0.2, 0.25) is 0 Å². The van der Waals surface area contributed by atoms with E-state index in [0.29, 0.717) is 0 Å². The Bertz CT molecular complexity index is 483. The second kappa shape index (κ2) is 4.95. The minimum absolute atomic E-state index is 0.0446. The molecule has 1 aliphatic carbocycles. The van der Waals surface area contributed by atoms with Crippen LogP contribution in [-0.2, 0) is 4.79 Å². The van der Waals surface area contributed by atoms with Crippen LogP contribution >= 0.6 is 0 Å². The largest absolute Gasteiger partial charge is 0.508 e. The van der Waals surface area contributed by atoms with Gasteiger partial charge in [0.2, 0.25) is 5.91 Å². The molecule has 18 heavy (non-hydrogen) atoms. The van der Waals surface area contributed by atoms with Crippen molar-refractivity contribution in [2.45, 2.75) is 18.9 Å². The molecule has 0 unspecified atom stereocenters. The van der Waals surface area contributed by atoms with E-state index in [-0.39, 0.29) is 35.5 Å². The van der Waals surface area contributed by atoms with Gasteiger partial charge in [-0.15, -0.1) is 0 Å². The Morgan fingerprint density at radius 3 is 2.78 bits per heavy atom. The number of rotatable bonds is 4. The number of hydrogen-bond acceptors (Lipinski definition) is 4. The summed E-state index contributed by atoms with van der Waals surface area (Å²) in [5, 5.41) is 14.5. The number of anilines is 1. The summed E-state index contributed by atoms with van der Waals surface area (Å²) in [5.74, 6) is -0.740. The molecule has 1 aromatic rings. The molecule has 0 bridgehead atoms. The molecule has 0 aliphatic heterocycles. The zero-order valence-electron chi connectivity index (χ0n) is 9.77. The van der Waals surface area contributed by atoms with Gasteiger partial charge in [-0.05, 0) is 31.0 Å². The number of phenolic OH excluding ortho intramolecular Hbond substituents is 1. The van der Waals surface area contributed by atoms with Gasteiger partial charge < -0.3 is 21.5 Å². The summed E-state index contributed by atoms with van der Waals surface area (Å²) in [4.78, 5) is 23.1. The van der Waals surface area contributed by atoms with Crippen LogP contribution < -0.4 is 16.4 Å². The Kier molecular flexibility index (Phi) is 3.36. The second-order valence-corrected chi connectivity index (χ2v) is 4.30. The molecule has 0 saturated heterocycles. The molecule has 1 aliphatic rings. The number of hydrogen-bond donors (Lipinski definition) is 4. The fourth-order valence-electron chi connectivity index (χ4n) is 1.50.